The van der Waals surface area contributed by atoms with Crippen LogP contribution in [0.4, 0.5) is 5.82 Å². The Kier molecular flexibility index (Phi) is 3.76. The fourth-order valence-electron chi connectivity index (χ4n) is 2.80. The highest BCUT2D eigenvalue weighted by Crippen LogP contribution is 2.33. The highest BCUT2D eigenvalue weighted by Gasteiger charge is 2.19. The van der Waals surface area contributed by atoms with E-state index in [-0.39, 0.29) is 5.54 Å². The number of rotatable bonds is 3. The molecule has 6 nitrogen and oxygen atoms in total. The zero-order valence-electron chi connectivity index (χ0n) is 15.3. The Balaban J connectivity index is 1.88. The number of H-pyrrole nitrogens is 1. The van der Waals surface area contributed by atoms with Crippen LogP contribution >= 0.6 is 0 Å². The van der Waals surface area contributed by atoms with Gasteiger partial charge in [-0.2, -0.15) is 5.10 Å². The van der Waals surface area contributed by atoms with Gasteiger partial charge in [0.05, 0.1) is 11.8 Å². The highest BCUT2D eigenvalue weighted by molar-refractivity contribution is 5.82. The van der Waals surface area contributed by atoms with Crippen LogP contribution in [0.25, 0.3) is 33.7 Å². The average molecular weight is 347 g/mol. The molecule has 4 rings (SSSR count). The van der Waals surface area contributed by atoms with Crippen molar-refractivity contribution < 1.29 is 4.42 Å². The largest absolute Gasteiger partial charge is 0.436 e. The predicted molar refractivity (Wildman–Crippen MR) is 103 cm³/mol. The summed E-state index contributed by atoms with van der Waals surface area (Å²) in [6.07, 6.45) is 5.44. The second kappa shape index (κ2) is 5.98. The number of oxazole rings is 1. The lowest BCUT2D eigenvalue weighted by atomic mass is 10.1. The number of aromatic nitrogens is 4. The molecule has 0 unspecified atom stereocenters. The van der Waals surface area contributed by atoms with E-state index in [0.717, 1.165) is 39.2 Å². The van der Waals surface area contributed by atoms with Gasteiger partial charge in [0, 0.05) is 29.1 Å². The second-order valence-electron chi connectivity index (χ2n) is 7.47. The summed E-state index contributed by atoms with van der Waals surface area (Å²) in [5.41, 5.74) is 5.35. The molecule has 1 aromatic carbocycles. The Hall–Kier alpha value is -3.15. The first kappa shape index (κ1) is 16.3. The van der Waals surface area contributed by atoms with Crippen molar-refractivity contribution in [2.75, 3.05) is 5.32 Å². The summed E-state index contributed by atoms with van der Waals surface area (Å²) in [5.74, 6) is 1.29. The third-order valence-electron chi connectivity index (χ3n) is 3.99. The van der Waals surface area contributed by atoms with Gasteiger partial charge >= 0.3 is 0 Å². The summed E-state index contributed by atoms with van der Waals surface area (Å²) in [4.78, 5) is 9.30. The number of nitrogens with zero attached hydrogens (tertiary/aromatic N) is 3. The maximum atomic E-state index is 6.05. The molecule has 0 amide bonds. The van der Waals surface area contributed by atoms with Crippen LogP contribution in [-0.2, 0) is 0 Å². The van der Waals surface area contributed by atoms with Crippen LogP contribution in [0.1, 0.15) is 26.3 Å². The zero-order chi connectivity index (χ0) is 18.3. The van der Waals surface area contributed by atoms with Crippen molar-refractivity contribution in [3.63, 3.8) is 0 Å². The number of hydrogen-bond acceptors (Lipinski definition) is 5. The van der Waals surface area contributed by atoms with Crippen LogP contribution < -0.4 is 5.32 Å². The molecule has 0 radical (unpaired) electrons. The topological polar surface area (TPSA) is 79.6 Å². The van der Waals surface area contributed by atoms with Gasteiger partial charge in [0.15, 0.2) is 5.58 Å². The Labute approximate surface area is 151 Å². The lowest BCUT2D eigenvalue weighted by Crippen LogP contribution is -2.27. The molecule has 0 spiro atoms. The minimum Gasteiger partial charge on any atom is -0.436 e. The summed E-state index contributed by atoms with van der Waals surface area (Å²) in [5, 5.41) is 10.3. The third kappa shape index (κ3) is 3.18. The fourth-order valence-corrected chi connectivity index (χ4v) is 2.80. The molecule has 0 saturated heterocycles. The van der Waals surface area contributed by atoms with Crippen LogP contribution in [0.5, 0.6) is 0 Å². The van der Waals surface area contributed by atoms with Crippen LogP contribution in [0.2, 0.25) is 0 Å². The van der Waals surface area contributed by atoms with Crippen LogP contribution in [-0.4, -0.2) is 25.7 Å². The van der Waals surface area contributed by atoms with Crippen molar-refractivity contribution in [2.24, 2.45) is 0 Å². The maximum absolute atomic E-state index is 6.05. The first-order valence-corrected chi connectivity index (χ1v) is 8.54. The Morgan fingerprint density at radius 2 is 1.92 bits per heavy atom. The standard InChI is InChI=1S/C20H21N5O/c1-12-5-6-16-17(7-12)26-19(24-16)15-8-13(14-10-22-23-11-14)9-21-18(15)25-20(2,3)4/h5-11H,1-4H3,(H,21,25)(H,22,23). The van der Waals surface area contributed by atoms with E-state index in [1.54, 1.807) is 6.20 Å². The molecule has 0 aliphatic carbocycles. The Morgan fingerprint density at radius 1 is 1.08 bits per heavy atom. The predicted octanol–water partition coefficient (Wildman–Crippen LogP) is 4.80. The molecular formula is C20H21N5O. The number of pyridine rings is 1. The van der Waals surface area contributed by atoms with E-state index in [9.17, 15) is 0 Å². The van der Waals surface area contributed by atoms with Gasteiger partial charge in [0.2, 0.25) is 5.89 Å². The molecule has 6 heteroatoms. The van der Waals surface area contributed by atoms with Crippen molar-refractivity contribution in [1.29, 1.82) is 0 Å². The highest BCUT2D eigenvalue weighted by atomic mass is 16.3. The molecule has 132 valence electrons. The SMILES string of the molecule is Cc1ccc2nc(-c3cc(-c4cn[nH]c4)cnc3NC(C)(C)C)oc2c1. The van der Waals surface area contributed by atoms with Gasteiger partial charge in [-0.15, -0.1) is 0 Å². The molecule has 3 heterocycles. The quantitative estimate of drug-likeness (QED) is 0.556. The molecule has 26 heavy (non-hydrogen) atoms. The van der Waals surface area contributed by atoms with Crippen molar-refractivity contribution >= 4 is 16.9 Å². The number of hydrogen-bond donors (Lipinski definition) is 2. The minimum atomic E-state index is -0.137. The van der Waals surface area contributed by atoms with Gasteiger partial charge in [0.25, 0.3) is 0 Å². The fraction of sp³-hybridized carbons (Fsp3) is 0.250. The van der Waals surface area contributed by atoms with Gasteiger partial charge in [0.1, 0.15) is 11.3 Å². The summed E-state index contributed by atoms with van der Waals surface area (Å²) >= 11 is 0. The van der Waals surface area contributed by atoms with E-state index in [4.69, 9.17) is 4.42 Å². The van der Waals surface area contributed by atoms with Crippen LogP contribution in [0.15, 0.2) is 47.3 Å². The van der Waals surface area contributed by atoms with Gasteiger partial charge < -0.3 is 9.73 Å². The molecule has 0 aliphatic rings. The maximum Gasteiger partial charge on any atom is 0.231 e. The average Bonchev–Trinajstić information content (AvgIpc) is 3.22. The Bertz CT molecular complexity index is 1060. The molecular weight excluding hydrogens is 326 g/mol. The smallest absolute Gasteiger partial charge is 0.231 e. The molecule has 3 aromatic heterocycles. The van der Waals surface area contributed by atoms with Crippen LogP contribution in [0, 0.1) is 6.92 Å². The first-order valence-electron chi connectivity index (χ1n) is 8.54. The summed E-state index contributed by atoms with van der Waals surface area (Å²) in [6, 6.07) is 8.03. The van der Waals surface area contributed by atoms with E-state index in [1.165, 1.54) is 0 Å². The molecule has 0 fully saturated rings. The number of nitrogens with one attached hydrogen (secondary N) is 2. The monoisotopic (exact) mass is 347 g/mol. The van der Waals surface area contributed by atoms with Crippen molar-refractivity contribution in [1.82, 2.24) is 20.2 Å². The number of aromatic amines is 1. The number of benzene rings is 1. The molecule has 2 N–H and O–H groups in total. The summed E-state index contributed by atoms with van der Waals surface area (Å²) in [7, 11) is 0. The molecule has 4 aromatic rings. The molecule has 0 saturated carbocycles. The van der Waals surface area contributed by atoms with E-state index in [2.05, 4.69) is 46.3 Å². The molecule has 0 aliphatic heterocycles. The molecule has 0 bridgehead atoms. The van der Waals surface area contributed by atoms with Crippen molar-refractivity contribution in [2.45, 2.75) is 33.2 Å². The summed E-state index contributed by atoms with van der Waals surface area (Å²) < 4.78 is 6.05. The van der Waals surface area contributed by atoms with Gasteiger partial charge in [-0.25, -0.2) is 9.97 Å². The van der Waals surface area contributed by atoms with E-state index in [0.29, 0.717) is 5.89 Å². The number of anilines is 1. The summed E-state index contributed by atoms with van der Waals surface area (Å²) in [6.45, 7) is 8.32. The minimum absolute atomic E-state index is 0.137. The third-order valence-corrected chi connectivity index (χ3v) is 3.99. The van der Waals surface area contributed by atoms with E-state index < -0.39 is 0 Å². The van der Waals surface area contributed by atoms with E-state index >= 15 is 0 Å². The van der Waals surface area contributed by atoms with Crippen LogP contribution in [0.3, 0.4) is 0 Å². The van der Waals surface area contributed by atoms with Crippen molar-refractivity contribution in [3.05, 3.63) is 48.4 Å². The number of aryl methyl sites for hydroxylation is 1. The molecule has 0 atom stereocenters. The lowest BCUT2D eigenvalue weighted by Gasteiger charge is -2.22. The number of fused-ring (bicyclic) bond motifs is 1. The van der Waals surface area contributed by atoms with Gasteiger partial charge in [-0.05, 0) is 51.5 Å². The normalized spacial score (nSPS) is 11.8. The van der Waals surface area contributed by atoms with Gasteiger partial charge in [-0.3, -0.25) is 5.10 Å². The second-order valence-corrected chi connectivity index (χ2v) is 7.47. The van der Waals surface area contributed by atoms with Gasteiger partial charge in [-0.1, -0.05) is 6.07 Å². The van der Waals surface area contributed by atoms with E-state index in [1.807, 2.05) is 43.6 Å². The first-order chi connectivity index (χ1) is 12.4. The lowest BCUT2D eigenvalue weighted by molar-refractivity contribution is 0.614. The van der Waals surface area contributed by atoms with Crippen molar-refractivity contribution in [3.8, 4) is 22.6 Å². The Morgan fingerprint density at radius 3 is 2.65 bits per heavy atom. The zero-order valence-corrected chi connectivity index (χ0v) is 15.3.